The van der Waals surface area contributed by atoms with E-state index in [1.807, 2.05) is 21.5 Å². The molecule has 0 aliphatic carbocycles. The number of allylic oxidation sites excluding steroid dienone is 4. The normalized spacial score (nSPS) is 12.8. The van der Waals surface area contributed by atoms with Crippen molar-refractivity contribution in [1.82, 2.24) is 49.7 Å². The predicted molar refractivity (Wildman–Crippen MR) is 232 cm³/mol. The van der Waals surface area contributed by atoms with Gasteiger partial charge in [0.05, 0.1) is 35.4 Å². The highest BCUT2D eigenvalue weighted by atomic mass is 16.2. The van der Waals surface area contributed by atoms with Crippen LogP contribution in [0.25, 0.3) is 44.4 Å². The molecule has 5 aromatic rings. The van der Waals surface area contributed by atoms with Crippen LogP contribution in [-0.4, -0.2) is 63.9 Å². The van der Waals surface area contributed by atoms with Gasteiger partial charge in [0.15, 0.2) is 0 Å². The lowest BCUT2D eigenvalue weighted by Gasteiger charge is -2.09. The number of aromatic nitrogens is 8. The van der Waals surface area contributed by atoms with E-state index in [9.17, 15) is 9.59 Å². The maximum atomic E-state index is 13.2. The number of H-pyrrole nitrogens is 2. The number of aryl methyl sites for hydroxylation is 6. The monoisotopic (exact) mass is 780 g/mol. The van der Waals surface area contributed by atoms with Gasteiger partial charge in [-0.3, -0.25) is 9.59 Å². The Balaban J connectivity index is 1.25. The van der Waals surface area contributed by atoms with Gasteiger partial charge in [-0.2, -0.15) is 0 Å². The lowest BCUT2D eigenvalue weighted by Crippen LogP contribution is -2.25. The molecule has 58 heavy (non-hydrogen) atoms. The average molecular weight is 781 g/mol. The number of carbonyl (C=O) groups excluding carboxylic acids is 2. The van der Waals surface area contributed by atoms with E-state index >= 15 is 0 Å². The van der Waals surface area contributed by atoms with Crippen molar-refractivity contribution in [3.63, 3.8) is 0 Å². The minimum Gasteiger partial charge on any atom is -0.356 e. The number of nitrogens with one attached hydrogen (secondary N) is 4. The number of imidazole rings is 2. The summed E-state index contributed by atoms with van der Waals surface area (Å²) in [6, 6.07) is 8.62. The molecule has 0 saturated heterocycles. The standard InChI is InChI=1S/C46H56N10O2/c1-7-33-29(3)37-23-38-31(5)35(11-13-45(57)49-15-9-19-55-21-17-47-27-55)43(53-38)26-44-36(12-14-46(58)50-16-10-20-56-22-18-48-28-56)32(6)40(54-44)25-42-34(8-2)30(4)39(52-42)24-41(33)51-37/h17-18,21-28,51-52H,7-16,19-20H2,1-6H3,(H,49,57)(H,50,58). The third-order valence-corrected chi connectivity index (χ3v) is 11.7. The van der Waals surface area contributed by atoms with Crippen molar-refractivity contribution in [3.05, 3.63) is 107 Å². The Morgan fingerprint density at radius 3 is 1.50 bits per heavy atom. The van der Waals surface area contributed by atoms with Crippen molar-refractivity contribution in [2.24, 2.45) is 0 Å². The number of hydrogen-bond donors (Lipinski definition) is 4. The maximum Gasteiger partial charge on any atom is 0.220 e. The van der Waals surface area contributed by atoms with E-state index in [2.05, 4.69) is 96.4 Å². The molecule has 0 unspecified atom stereocenters. The fourth-order valence-corrected chi connectivity index (χ4v) is 8.23. The second-order valence-corrected chi connectivity index (χ2v) is 15.4. The van der Waals surface area contributed by atoms with E-state index in [1.54, 1.807) is 25.0 Å². The van der Waals surface area contributed by atoms with E-state index in [0.29, 0.717) is 38.8 Å². The van der Waals surface area contributed by atoms with Crippen molar-refractivity contribution >= 4 is 56.2 Å². The summed E-state index contributed by atoms with van der Waals surface area (Å²) in [6.45, 7) is 15.7. The van der Waals surface area contributed by atoms with Gasteiger partial charge < -0.3 is 29.7 Å². The Morgan fingerprint density at radius 1 is 0.603 bits per heavy atom. The molecule has 12 nitrogen and oxygen atoms in total. The SMILES string of the molecule is CCc1c(C)c2cc3[nH]c(cc4nc(cc5nc(cc1[nH]2)C(C)=C5CCC(=O)NCCCn1ccnc1)C(CCC(=O)NCCCn1ccnc1)=C4C)c(C)c3CC. The number of amides is 2. The molecule has 4 N–H and O–H groups in total. The fourth-order valence-electron chi connectivity index (χ4n) is 8.23. The van der Waals surface area contributed by atoms with Gasteiger partial charge in [-0.1, -0.05) is 13.8 Å². The Morgan fingerprint density at radius 2 is 1.05 bits per heavy atom. The summed E-state index contributed by atoms with van der Waals surface area (Å²) < 4.78 is 4.03. The smallest absolute Gasteiger partial charge is 0.220 e. The fraction of sp³-hybridized carbons (Fsp3) is 0.391. The second-order valence-electron chi connectivity index (χ2n) is 15.4. The van der Waals surface area contributed by atoms with Gasteiger partial charge in [0.1, 0.15) is 0 Å². The predicted octanol–water partition coefficient (Wildman–Crippen LogP) is 8.28. The molecule has 302 valence electrons. The topological polar surface area (TPSA) is 151 Å². The van der Waals surface area contributed by atoms with Crippen LogP contribution in [0.5, 0.6) is 0 Å². The van der Waals surface area contributed by atoms with Crippen LogP contribution in [-0.2, 0) is 35.5 Å². The number of rotatable bonds is 16. The number of aromatic amines is 2. The molecule has 0 aromatic carbocycles. The van der Waals surface area contributed by atoms with Gasteiger partial charge in [-0.15, -0.1) is 0 Å². The Hall–Kier alpha value is -6.04. The van der Waals surface area contributed by atoms with Crippen LogP contribution in [0.3, 0.4) is 0 Å². The summed E-state index contributed by atoms with van der Waals surface area (Å²) in [5.41, 5.74) is 16.7. The van der Waals surface area contributed by atoms with Gasteiger partial charge in [-0.05, 0) is 135 Å². The summed E-state index contributed by atoms with van der Waals surface area (Å²) >= 11 is 0. The van der Waals surface area contributed by atoms with E-state index < -0.39 is 0 Å². The molecule has 0 saturated carbocycles. The van der Waals surface area contributed by atoms with E-state index in [-0.39, 0.29) is 11.8 Å². The molecule has 7 heterocycles. The third kappa shape index (κ3) is 8.91. The summed E-state index contributed by atoms with van der Waals surface area (Å²) in [5.74, 6) is 0.0227. The highest BCUT2D eigenvalue weighted by Crippen LogP contribution is 2.38. The van der Waals surface area contributed by atoms with E-state index in [0.717, 1.165) is 106 Å². The summed E-state index contributed by atoms with van der Waals surface area (Å²) in [5, 5.41) is 6.21. The van der Waals surface area contributed by atoms with Crippen LogP contribution in [0.15, 0.2) is 61.7 Å². The molecule has 0 atom stereocenters. The first kappa shape index (κ1) is 40.2. The van der Waals surface area contributed by atoms with Crippen LogP contribution < -0.4 is 10.6 Å². The Bertz CT molecular complexity index is 2520. The maximum absolute atomic E-state index is 13.2. The number of carbonyl (C=O) groups is 2. The molecular formula is C46H56N10O2. The first-order valence-electron chi connectivity index (χ1n) is 20.7. The number of fused-ring (bicyclic) bond motifs is 8. The molecule has 8 bridgehead atoms. The molecule has 7 rings (SSSR count). The first-order valence-corrected chi connectivity index (χ1v) is 20.7. The Labute approximate surface area is 340 Å². The lowest BCUT2D eigenvalue weighted by molar-refractivity contribution is -0.121. The van der Waals surface area contributed by atoms with Crippen molar-refractivity contribution < 1.29 is 9.59 Å². The van der Waals surface area contributed by atoms with E-state index in [4.69, 9.17) is 9.97 Å². The highest BCUT2D eigenvalue weighted by molar-refractivity contribution is 5.97. The molecule has 0 spiro atoms. The quantitative estimate of drug-likeness (QED) is 0.0740. The molecule has 2 aliphatic heterocycles. The zero-order valence-corrected chi connectivity index (χ0v) is 34.8. The van der Waals surface area contributed by atoms with Crippen LogP contribution in [0, 0.1) is 13.8 Å². The number of nitrogens with zero attached hydrogens (tertiary/aromatic N) is 6. The van der Waals surface area contributed by atoms with Gasteiger partial charge in [0.2, 0.25) is 11.8 Å². The molecule has 2 aliphatic rings. The van der Waals surface area contributed by atoms with Crippen molar-refractivity contribution in [1.29, 1.82) is 0 Å². The van der Waals surface area contributed by atoms with Crippen molar-refractivity contribution in [2.45, 2.75) is 106 Å². The van der Waals surface area contributed by atoms with Gasteiger partial charge >= 0.3 is 0 Å². The van der Waals surface area contributed by atoms with Gasteiger partial charge in [-0.25, -0.2) is 19.9 Å². The Kier molecular flexibility index (Phi) is 12.5. The van der Waals surface area contributed by atoms with Gasteiger partial charge in [0, 0.05) is 85.9 Å². The summed E-state index contributed by atoms with van der Waals surface area (Å²) in [7, 11) is 0. The molecular weight excluding hydrogens is 725 g/mol. The lowest BCUT2D eigenvalue weighted by atomic mass is 9.98. The summed E-state index contributed by atoms with van der Waals surface area (Å²) in [4.78, 5) is 52.6. The first-order chi connectivity index (χ1) is 28.1. The molecule has 0 fully saturated rings. The zero-order valence-electron chi connectivity index (χ0n) is 34.8. The van der Waals surface area contributed by atoms with Crippen molar-refractivity contribution in [2.75, 3.05) is 13.1 Å². The molecule has 12 heteroatoms. The zero-order chi connectivity index (χ0) is 40.8. The van der Waals surface area contributed by atoms with Crippen LogP contribution in [0.4, 0.5) is 0 Å². The minimum absolute atomic E-state index is 0.0112. The van der Waals surface area contributed by atoms with Crippen LogP contribution in [0.2, 0.25) is 0 Å². The van der Waals surface area contributed by atoms with Crippen molar-refractivity contribution in [3.8, 4) is 0 Å². The molecule has 0 radical (unpaired) electrons. The second kappa shape index (κ2) is 18.0. The largest absolute Gasteiger partial charge is 0.356 e. The van der Waals surface area contributed by atoms with Crippen LogP contribution >= 0.6 is 0 Å². The number of hydrogen-bond acceptors (Lipinski definition) is 6. The molecule has 5 aromatic heterocycles. The summed E-state index contributed by atoms with van der Waals surface area (Å²) in [6.07, 6.45) is 16.1. The van der Waals surface area contributed by atoms with Gasteiger partial charge in [0.25, 0.3) is 0 Å². The minimum atomic E-state index is 0.0112. The third-order valence-electron chi connectivity index (χ3n) is 11.7. The average Bonchev–Trinajstić information content (AvgIpc) is 4.07. The molecule has 2 amide bonds. The highest BCUT2D eigenvalue weighted by Gasteiger charge is 2.23. The van der Waals surface area contributed by atoms with E-state index in [1.165, 1.54) is 22.3 Å². The van der Waals surface area contributed by atoms with Crippen LogP contribution in [0.1, 0.15) is 111 Å².